The van der Waals surface area contributed by atoms with E-state index in [1.54, 1.807) is 13.1 Å². The van der Waals surface area contributed by atoms with Crippen LogP contribution in [0.1, 0.15) is 36.2 Å². The Morgan fingerprint density at radius 3 is 2.64 bits per heavy atom. The SMILES string of the molecule is Cn1nc(C(=O)N2C[C@H]3CC[C@@H]2CN(C2CCOCC2)C3)ccc1=O. The van der Waals surface area contributed by atoms with Gasteiger partial charge in [-0.05, 0) is 37.7 Å². The van der Waals surface area contributed by atoms with Gasteiger partial charge in [0, 0.05) is 58.0 Å². The van der Waals surface area contributed by atoms with Gasteiger partial charge in [0.25, 0.3) is 11.5 Å². The summed E-state index contributed by atoms with van der Waals surface area (Å²) in [6.45, 7) is 4.51. The fraction of sp³-hybridized carbons (Fsp3) is 0.722. The van der Waals surface area contributed by atoms with E-state index in [-0.39, 0.29) is 17.5 Å². The van der Waals surface area contributed by atoms with E-state index in [1.807, 2.05) is 4.90 Å². The zero-order chi connectivity index (χ0) is 17.4. The molecule has 0 spiro atoms. The minimum Gasteiger partial charge on any atom is -0.381 e. The summed E-state index contributed by atoms with van der Waals surface area (Å²) >= 11 is 0. The first-order valence-corrected chi connectivity index (χ1v) is 9.29. The van der Waals surface area contributed by atoms with Gasteiger partial charge in [-0.15, -0.1) is 0 Å². The Morgan fingerprint density at radius 2 is 1.88 bits per heavy atom. The molecule has 0 unspecified atom stereocenters. The third kappa shape index (κ3) is 3.35. The van der Waals surface area contributed by atoms with E-state index in [0.717, 1.165) is 52.1 Å². The van der Waals surface area contributed by atoms with Crippen molar-refractivity contribution in [3.8, 4) is 0 Å². The van der Waals surface area contributed by atoms with Crippen LogP contribution in [0.2, 0.25) is 0 Å². The number of rotatable bonds is 2. The highest BCUT2D eigenvalue weighted by Crippen LogP contribution is 2.31. The van der Waals surface area contributed by atoms with Crippen LogP contribution in [0.25, 0.3) is 0 Å². The third-order valence-corrected chi connectivity index (χ3v) is 5.89. The fourth-order valence-electron chi connectivity index (χ4n) is 4.48. The number of carbonyl (C=O) groups excluding carboxylic acids is 1. The highest BCUT2D eigenvalue weighted by atomic mass is 16.5. The molecule has 5 heterocycles. The summed E-state index contributed by atoms with van der Waals surface area (Å²) in [5.74, 6) is 0.484. The number of hydrogen-bond acceptors (Lipinski definition) is 5. The topological polar surface area (TPSA) is 67.7 Å². The largest absolute Gasteiger partial charge is 0.381 e. The zero-order valence-corrected chi connectivity index (χ0v) is 14.8. The molecular formula is C18H26N4O3. The Hall–Kier alpha value is -1.73. The van der Waals surface area contributed by atoms with E-state index in [4.69, 9.17) is 4.74 Å². The maximum Gasteiger partial charge on any atom is 0.274 e. The molecule has 1 aromatic heterocycles. The molecule has 0 radical (unpaired) electrons. The molecule has 7 nitrogen and oxygen atoms in total. The predicted octanol–water partition coefficient (Wildman–Crippen LogP) is 0.496. The standard InChI is InChI=1S/C18H26N4O3/c1-20-17(23)5-4-16(19-20)18(24)22-11-13-2-3-15(22)12-21(10-13)14-6-8-25-9-7-14/h4-5,13-15H,2-3,6-12H2,1H3/t13-,15+/m0/s1. The molecule has 1 aromatic rings. The maximum atomic E-state index is 13.0. The minimum atomic E-state index is -0.195. The van der Waals surface area contributed by atoms with Crippen LogP contribution < -0.4 is 5.56 Å². The number of hydrogen-bond donors (Lipinski definition) is 0. The van der Waals surface area contributed by atoms with Gasteiger partial charge in [0.15, 0.2) is 0 Å². The van der Waals surface area contributed by atoms with Crippen LogP contribution in [0, 0.1) is 5.92 Å². The van der Waals surface area contributed by atoms with Crippen LogP contribution in [-0.2, 0) is 11.8 Å². The fourth-order valence-corrected chi connectivity index (χ4v) is 4.48. The van der Waals surface area contributed by atoms with E-state index in [0.29, 0.717) is 17.7 Å². The number of amides is 1. The second-order valence-corrected chi connectivity index (χ2v) is 7.53. The Kier molecular flexibility index (Phi) is 4.60. The Balaban J connectivity index is 1.52. The normalized spacial score (nSPS) is 28.1. The monoisotopic (exact) mass is 346 g/mol. The summed E-state index contributed by atoms with van der Waals surface area (Å²) in [7, 11) is 1.58. The summed E-state index contributed by atoms with van der Waals surface area (Å²) in [6, 6.07) is 3.81. The van der Waals surface area contributed by atoms with Gasteiger partial charge in [-0.2, -0.15) is 5.10 Å². The molecule has 4 aliphatic heterocycles. The van der Waals surface area contributed by atoms with Crippen molar-refractivity contribution in [1.82, 2.24) is 19.6 Å². The molecule has 4 fully saturated rings. The van der Waals surface area contributed by atoms with Gasteiger partial charge in [-0.1, -0.05) is 0 Å². The molecule has 0 aromatic carbocycles. The van der Waals surface area contributed by atoms with Gasteiger partial charge in [0.1, 0.15) is 5.69 Å². The molecular weight excluding hydrogens is 320 g/mol. The summed E-state index contributed by atoms with van der Waals surface area (Å²) in [4.78, 5) is 29.1. The molecule has 5 rings (SSSR count). The van der Waals surface area contributed by atoms with Gasteiger partial charge in [0.05, 0.1) is 0 Å². The number of nitrogens with zero attached hydrogens (tertiary/aromatic N) is 4. The van der Waals surface area contributed by atoms with Gasteiger partial charge in [0.2, 0.25) is 0 Å². The minimum absolute atomic E-state index is 0.0425. The van der Waals surface area contributed by atoms with Gasteiger partial charge in [-0.25, -0.2) is 4.68 Å². The van der Waals surface area contributed by atoms with Crippen LogP contribution in [0.5, 0.6) is 0 Å². The summed E-state index contributed by atoms with van der Waals surface area (Å²) in [5, 5.41) is 4.15. The maximum absolute atomic E-state index is 13.0. The Labute approximate surface area is 147 Å². The van der Waals surface area contributed by atoms with Crippen LogP contribution in [0.15, 0.2) is 16.9 Å². The molecule has 7 heteroatoms. The molecule has 136 valence electrons. The Morgan fingerprint density at radius 1 is 1.08 bits per heavy atom. The quantitative estimate of drug-likeness (QED) is 0.780. The van der Waals surface area contributed by atoms with Gasteiger partial charge in [-0.3, -0.25) is 14.5 Å². The van der Waals surface area contributed by atoms with Crippen LogP contribution in [0.4, 0.5) is 0 Å². The second kappa shape index (κ2) is 6.88. The summed E-state index contributed by atoms with van der Waals surface area (Å²) in [6.07, 6.45) is 4.43. The van der Waals surface area contributed by atoms with Crippen molar-refractivity contribution in [3.63, 3.8) is 0 Å². The zero-order valence-electron chi connectivity index (χ0n) is 14.8. The summed E-state index contributed by atoms with van der Waals surface area (Å²) < 4.78 is 6.74. The second-order valence-electron chi connectivity index (χ2n) is 7.53. The summed E-state index contributed by atoms with van der Waals surface area (Å²) in [5.41, 5.74) is 0.173. The molecule has 0 saturated carbocycles. The van der Waals surface area contributed by atoms with Crippen LogP contribution >= 0.6 is 0 Å². The lowest BCUT2D eigenvalue weighted by Crippen LogP contribution is -2.49. The Bertz CT molecular complexity index is 698. The van der Waals surface area contributed by atoms with Crippen LogP contribution in [-0.4, -0.2) is 70.4 Å². The smallest absolute Gasteiger partial charge is 0.274 e. The molecule has 2 bridgehead atoms. The van der Waals surface area contributed by atoms with Gasteiger partial charge >= 0.3 is 0 Å². The molecule has 25 heavy (non-hydrogen) atoms. The van der Waals surface area contributed by atoms with Crippen LogP contribution in [0.3, 0.4) is 0 Å². The number of piperidine rings is 1. The molecule has 2 atom stereocenters. The number of aryl methyl sites for hydroxylation is 1. The predicted molar refractivity (Wildman–Crippen MR) is 92.4 cm³/mol. The number of carbonyl (C=O) groups is 1. The molecule has 4 aliphatic rings. The first-order valence-electron chi connectivity index (χ1n) is 9.29. The average Bonchev–Trinajstić information content (AvgIpc) is 2.96. The number of aromatic nitrogens is 2. The van der Waals surface area contributed by atoms with Gasteiger partial charge < -0.3 is 9.64 Å². The number of fused-ring (bicyclic) bond motifs is 4. The van der Waals surface area contributed by atoms with Crippen molar-refractivity contribution in [2.75, 3.05) is 32.8 Å². The van der Waals surface area contributed by atoms with E-state index < -0.39 is 0 Å². The van der Waals surface area contributed by atoms with Crippen molar-refractivity contribution in [2.24, 2.45) is 13.0 Å². The van der Waals surface area contributed by atoms with E-state index in [9.17, 15) is 9.59 Å². The van der Waals surface area contributed by atoms with Crippen molar-refractivity contribution < 1.29 is 9.53 Å². The number of ether oxygens (including phenoxy) is 1. The van der Waals surface area contributed by atoms with E-state index in [2.05, 4.69) is 10.00 Å². The molecule has 0 aliphatic carbocycles. The lowest BCUT2D eigenvalue weighted by molar-refractivity contribution is 0.0304. The average molecular weight is 346 g/mol. The highest BCUT2D eigenvalue weighted by molar-refractivity contribution is 5.92. The molecule has 0 N–H and O–H groups in total. The van der Waals surface area contributed by atoms with Crippen molar-refractivity contribution in [2.45, 2.75) is 37.8 Å². The van der Waals surface area contributed by atoms with E-state index in [1.165, 1.54) is 17.2 Å². The lowest BCUT2D eigenvalue weighted by atomic mass is 9.94. The first-order chi connectivity index (χ1) is 12.1. The third-order valence-electron chi connectivity index (χ3n) is 5.89. The van der Waals surface area contributed by atoms with E-state index >= 15 is 0 Å². The van der Waals surface area contributed by atoms with Crippen molar-refractivity contribution >= 4 is 5.91 Å². The molecule has 4 saturated heterocycles. The highest BCUT2D eigenvalue weighted by Gasteiger charge is 2.39. The van der Waals surface area contributed by atoms with Crippen molar-refractivity contribution in [1.29, 1.82) is 0 Å². The van der Waals surface area contributed by atoms with Crippen molar-refractivity contribution in [3.05, 3.63) is 28.2 Å². The molecule has 1 amide bonds. The first kappa shape index (κ1) is 16.7. The lowest BCUT2D eigenvalue weighted by Gasteiger charge is -2.36.